The van der Waals surface area contributed by atoms with Crippen molar-refractivity contribution in [2.45, 2.75) is 12.5 Å². The van der Waals surface area contributed by atoms with Crippen LogP contribution in [0.3, 0.4) is 0 Å². The van der Waals surface area contributed by atoms with Crippen LogP contribution in [0.1, 0.15) is 5.56 Å². The van der Waals surface area contributed by atoms with Crippen molar-refractivity contribution >= 4 is 59.1 Å². The number of primary amides is 4. The fourth-order valence-corrected chi connectivity index (χ4v) is 4.61. The van der Waals surface area contributed by atoms with E-state index in [4.69, 9.17) is 22.9 Å². The number of thiocarbonyl (C=S) groups is 1. The molecular formula is C24H38ClN9O4S. The monoisotopic (exact) mass is 583 g/mol. The smallest absolute Gasteiger partial charge is 0.231 e. The summed E-state index contributed by atoms with van der Waals surface area (Å²) in [6.07, 6.45) is 0.533. The maximum absolute atomic E-state index is 12.0. The molecular weight excluding hydrogens is 546 g/mol. The highest BCUT2D eigenvalue weighted by molar-refractivity contribution is 7.78. The molecule has 2 rings (SSSR count). The molecule has 13 nitrogen and oxygen atoms in total. The first kappa shape index (κ1) is 34.1. The van der Waals surface area contributed by atoms with Crippen LogP contribution in [0.5, 0.6) is 0 Å². The molecule has 39 heavy (non-hydrogen) atoms. The summed E-state index contributed by atoms with van der Waals surface area (Å²) < 4.78 is 0. The van der Waals surface area contributed by atoms with E-state index in [1.807, 2.05) is 43.9 Å². The Kier molecular flexibility index (Phi) is 15.4. The molecule has 1 aromatic rings. The molecule has 0 radical (unpaired) electrons. The molecule has 8 N–H and O–H groups in total. The molecule has 0 saturated carbocycles. The van der Waals surface area contributed by atoms with Crippen LogP contribution in [-0.2, 0) is 25.6 Å². The van der Waals surface area contributed by atoms with Gasteiger partial charge in [-0.15, -0.1) is 12.4 Å². The van der Waals surface area contributed by atoms with E-state index in [2.05, 4.69) is 22.4 Å². The molecule has 1 fully saturated rings. The Morgan fingerprint density at radius 2 is 1.18 bits per heavy atom. The lowest BCUT2D eigenvalue weighted by atomic mass is 10.0. The van der Waals surface area contributed by atoms with Gasteiger partial charge in [-0.25, -0.2) is 0 Å². The van der Waals surface area contributed by atoms with E-state index in [0.29, 0.717) is 57.9 Å². The van der Waals surface area contributed by atoms with Gasteiger partial charge in [0.2, 0.25) is 23.6 Å². The summed E-state index contributed by atoms with van der Waals surface area (Å²) in [4.78, 5) is 58.9. The van der Waals surface area contributed by atoms with Crippen LogP contribution in [-0.4, -0.2) is 126 Å². The number of carbonyl (C=O) groups excluding carboxylic acids is 4. The number of nitrogens with zero attached hydrogens (tertiary/aromatic N) is 5. The zero-order valence-corrected chi connectivity index (χ0v) is 23.5. The minimum atomic E-state index is -0.497. The Bertz CT molecular complexity index is 1020. The van der Waals surface area contributed by atoms with Gasteiger partial charge in [-0.2, -0.15) is 4.99 Å². The molecule has 1 aromatic carbocycles. The van der Waals surface area contributed by atoms with Crippen molar-refractivity contribution in [1.82, 2.24) is 19.6 Å². The fraction of sp³-hybridized carbons (Fsp3) is 0.542. The Morgan fingerprint density at radius 3 is 1.64 bits per heavy atom. The number of carbonyl (C=O) groups is 4. The molecule has 1 aliphatic heterocycles. The summed E-state index contributed by atoms with van der Waals surface area (Å²) in [6.45, 7) is 3.04. The highest BCUT2D eigenvalue weighted by Crippen LogP contribution is 2.17. The van der Waals surface area contributed by atoms with E-state index < -0.39 is 23.6 Å². The first-order chi connectivity index (χ1) is 18.0. The highest BCUT2D eigenvalue weighted by Gasteiger charge is 2.26. The summed E-state index contributed by atoms with van der Waals surface area (Å²) in [5.74, 6) is -1.95. The van der Waals surface area contributed by atoms with Crippen molar-refractivity contribution in [2.75, 3.05) is 72.0 Å². The fourth-order valence-electron chi connectivity index (χ4n) is 4.50. The Labute approximate surface area is 239 Å². The van der Waals surface area contributed by atoms with Gasteiger partial charge >= 0.3 is 0 Å². The quantitative estimate of drug-likeness (QED) is 0.167. The van der Waals surface area contributed by atoms with E-state index >= 15 is 0 Å². The van der Waals surface area contributed by atoms with Crippen LogP contribution in [0, 0.1) is 0 Å². The van der Waals surface area contributed by atoms with E-state index in [9.17, 15) is 19.2 Å². The third kappa shape index (κ3) is 13.6. The standard InChI is InChI=1S/C24H37N9O4S.ClH/c25-21(34)13-30-5-6-31(14-22(26)35)9-10-33(16-24(28)37)20(12-32(8-7-30)15-23(27)36)11-18-1-3-19(4-2-18)29-17-38;/h1-4,20H,5-16H2,(H2,25,34)(H2,26,35)(H2,27,36)(H2,28,37);1H/t20-;/m0./s1. The predicted octanol–water partition coefficient (Wildman–Crippen LogP) is -2.08. The zero-order chi connectivity index (χ0) is 28.1. The van der Waals surface area contributed by atoms with Gasteiger partial charge in [0.1, 0.15) is 0 Å². The molecule has 0 spiro atoms. The predicted molar refractivity (Wildman–Crippen MR) is 154 cm³/mol. The molecule has 1 aliphatic rings. The normalized spacial score (nSPS) is 18.5. The first-order valence-electron chi connectivity index (χ1n) is 12.3. The third-order valence-electron chi connectivity index (χ3n) is 6.23. The van der Waals surface area contributed by atoms with E-state index in [0.717, 1.165) is 5.56 Å². The van der Waals surface area contributed by atoms with Crippen LogP contribution in [0.15, 0.2) is 29.3 Å². The summed E-state index contributed by atoms with van der Waals surface area (Å²) in [6, 6.07) is 7.23. The number of halogens is 1. The van der Waals surface area contributed by atoms with Crippen molar-refractivity contribution < 1.29 is 19.2 Å². The number of amides is 4. The summed E-state index contributed by atoms with van der Waals surface area (Å²) in [5, 5.41) is 2.34. The molecule has 0 aromatic heterocycles. The van der Waals surface area contributed by atoms with Crippen molar-refractivity contribution in [1.29, 1.82) is 0 Å². The van der Waals surface area contributed by atoms with Gasteiger partial charge in [-0.1, -0.05) is 12.1 Å². The maximum Gasteiger partial charge on any atom is 0.231 e. The lowest BCUT2D eigenvalue weighted by Gasteiger charge is -2.38. The lowest BCUT2D eigenvalue weighted by Crippen LogP contribution is -2.54. The van der Waals surface area contributed by atoms with E-state index in [1.165, 1.54) is 0 Å². The lowest BCUT2D eigenvalue weighted by molar-refractivity contribution is -0.122. The third-order valence-corrected chi connectivity index (χ3v) is 6.32. The number of benzene rings is 1. The van der Waals surface area contributed by atoms with Gasteiger partial charge in [0.15, 0.2) is 0 Å². The molecule has 0 aliphatic carbocycles. The molecule has 0 bridgehead atoms. The van der Waals surface area contributed by atoms with E-state index in [-0.39, 0.29) is 44.6 Å². The average molecular weight is 584 g/mol. The largest absolute Gasteiger partial charge is 0.369 e. The van der Waals surface area contributed by atoms with Crippen molar-refractivity contribution in [3.63, 3.8) is 0 Å². The SMILES string of the molecule is Cl.NC(=O)CN1CCN(CC(N)=O)CCN(CC(N)=O)[C@@H](Cc2ccc(N=C=S)cc2)CN(CC(N)=O)CC1. The molecule has 1 saturated heterocycles. The zero-order valence-electron chi connectivity index (χ0n) is 21.9. The number of hydrogen-bond acceptors (Lipinski definition) is 10. The number of rotatable bonds is 11. The van der Waals surface area contributed by atoms with Gasteiger partial charge < -0.3 is 22.9 Å². The van der Waals surface area contributed by atoms with Crippen molar-refractivity contribution in [3.05, 3.63) is 29.8 Å². The number of isothiocyanates is 1. The Balaban J connectivity index is 0.00000760. The van der Waals surface area contributed by atoms with Crippen LogP contribution < -0.4 is 22.9 Å². The number of nitrogens with two attached hydrogens (primary N) is 4. The first-order valence-corrected chi connectivity index (χ1v) is 12.7. The summed E-state index contributed by atoms with van der Waals surface area (Å²) >= 11 is 4.67. The molecule has 0 unspecified atom stereocenters. The molecule has 15 heteroatoms. The maximum atomic E-state index is 12.0. The van der Waals surface area contributed by atoms with E-state index in [1.54, 1.807) is 0 Å². The van der Waals surface area contributed by atoms with Gasteiger partial charge in [-0.05, 0) is 36.3 Å². The average Bonchev–Trinajstić information content (AvgIpc) is 2.82. The Hall–Kier alpha value is -2.97. The second kappa shape index (κ2) is 17.6. The minimum absolute atomic E-state index is 0. The van der Waals surface area contributed by atoms with Crippen molar-refractivity contribution in [3.8, 4) is 0 Å². The highest BCUT2D eigenvalue weighted by atomic mass is 35.5. The number of aliphatic imine (C=N–C) groups is 1. The molecule has 216 valence electrons. The Morgan fingerprint density at radius 1 is 0.744 bits per heavy atom. The minimum Gasteiger partial charge on any atom is -0.369 e. The number of hydrogen-bond donors (Lipinski definition) is 4. The molecule has 1 heterocycles. The topological polar surface area (TPSA) is 198 Å². The summed E-state index contributed by atoms with van der Waals surface area (Å²) in [5.41, 5.74) is 23.7. The van der Waals surface area contributed by atoms with Gasteiger partial charge in [0, 0.05) is 51.9 Å². The molecule has 4 amide bonds. The van der Waals surface area contributed by atoms with Gasteiger partial charge in [0.25, 0.3) is 0 Å². The van der Waals surface area contributed by atoms with Gasteiger partial charge in [-0.3, -0.25) is 38.8 Å². The van der Waals surface area contributed by atoms with Crippen LogP contribution in [0.25, 0.3) is 0 Å². The second-order valence-corrected chi connectivity index (χ2v) is 9.53. The second-order valence-electron chi connectivity index (χ2n) is 9.35. The van der Waals surface area contributed by atoms with Gasteiger partial charge in [0.05, 0.1) is 37.0 Å². The van der Waals surface area contributed by atoms with Crippen LogP contribution in [0.4, 0.5) is 5.69 Å². The van der Waals surface area contributed by atoms with Crippen LogP contribution >= 0.6 is 24.6 Å². The van der Waals surface area contributed by atoms with Crippen molar-refractivity contribution in [2.24, 2.45) is 27.9 Å². The van der Waals surface area contributed by atoms with Crippen LogP contribution in [0.2, 0.25) is 0 Å². The molecule has 1 atom stereocenters. The summed E-state index contributed by atoms with van der Waals surface area (Å²) in [7, 11) is 0.